The topological polar surface area (TPSA) is 186 Å². The lowest BCUT2D eigenvalue weighted by molar-refractivity contribution is -0.128. The predicted molar refractivity (Wildman–Crippen MR) is 282 cm³/mol. The number of hydrogen-bond donors (Lipinski definition) is 4. The van der Waals surface area contributed by atoms with Gasteiger partial charge in [0.05, 0.1) is 48.2 Å². The smallest absolute Gasteiger partial charge is 0.268 e. The minimum Gasteiger partial charge on any atom is -0.379 e. The fourth-order valence-corrected chi connectivity index (χ4v) is 10.8. The third-order valence-electron chi connectivity index (χ3n) is 13.9. The van der Waals surface area contributed by atoms with Gasteiger partial charge in [-0.3, -0.25) is 24.1 Å². The van der Waals surface area contributed by atoms with E-state index in [1.54, 1.807) is 0 Å². The van der Waals surface area contributed by atoms with Crippen molar-refractivity contribution in [3.05, 3.63) is 70.0 Å². The second-order valence-electron chi connectivity index (χ2n) is 20.2. The van der Waals surface area contributed by atoms with Crippen LogP contribution in [0.5, 0.6) is 0 Å². The minimum absolute atomic E-state index is 0.139. The van der Waals surface area contributed by atoms with Gasteiger partial charge in [-0.15, -0.1) is 11.6 Å². The summed E-state index contributed by atoms with van der Waals surface area (Å²) in [6, 6.07) is 17.9. The second-order valence-corrected chi connectivity index (χ2v) is 21.5. The van der Waals surface area contributed by atoms with Crippen LogP contribution in [-0.4, -0.2) is 101 Å². The molecule has 1 aliphatic heterocycles. The first-order valence-electron chi connectivity index (χ1n) is 25.6. The monoisotopic (exact) mass is 1030 g/mol. The van der Waals surface area contributed by atoms with Crippen LogP contribution < -0.4 is 21.3 Å². The van der Waals surface area contributed by atoms with Gasteiger partial charge in [-0.05, 0) is 99.6 Å². The summed E-state index contributed by atoms with van der Waals surface area (Å²) in [6.07, 6.45) is 9.49. The van der Waals surface area contributed by atoms with Gasteiger partial charge in [0.2, 0.25) is 11.8 Å². The Morgan fingerprint density at radius 3 is 1.51 bits per heavy atom. The second kappa shape index (κ2) is 27.3. The van der Waals surface area contributed by atoms with E-state index in [1.807, 2.05) is 80.8 Å². The first kappa shape index (κ1) is 55.5. The lowest BCUT2D eigenvalue weighted by Gasteiger charge is -2.32. The standard InChI is InChI=1S/C29H40ClN5O3.C25H32Cl2N4O2/c1-20(2)16-23(19-31)32-28(36)24-6-3-4-7-25(24)33-29(37)27-17-21-8-9-22(30)18-26(21)35(27)11-5-10-34-12-14-38-15-13-34;1-16(2)12-19(15-28)29-24(32)20-6-3-4-7-21(20)30-25(33)23-13-17-8-9-18(27)14-22(17)31(23)11-5-10-26/h8-9,17-18,20,23-25H,3-7,10-16H2,1-2H3,(H,32,36)(H,33,37);8-9,13-14,16,19-21H,3-7,10-12H2,1-2H3,(H,29,32)(H,30,33)/t23-,24+,25-;19-,20+,21-/m00/s1. The van der Waals surface area contributed by atoms with E-state index in [-0.39, 0.29) is 47.5 Å². The number of benzene rings is 2. The number of rotatable bonds is 19. The number of amides is 4. The Kier molecular flexibility index (Phi) is 21.3. The van der Waals surface area contributed by atoms with Gasteiger partial charge >= 0.3 is 0 Å². The summed E-state index contributed by atoms with van der Waals surface area (Å²) >= 11 is 18.4. The summed E-state index contributed by atoms with van der Waals surface area (Å²) < 4.78 is 9.46. The molecule has 2 aromatic carbocycles. The van der Waals surface area contributed by atoms with Crippen molar-refractivity contribution in [3.8, 4) is 12.1 Å². The van der Waals surface area contributed by atoms with Crippen LogP contribution in [0.3, 0.4) is 0 Å². The highest BCUT2D eigenvalue weighted by molar-refractivity contribution is 6.31. The Morgan fingerprint density at radius 2 is 1.08 bits per heavy atom. The number of nitrogens with one attached hydrogen (secondary N) is 4. The fraction of sp³-hybridized carbons (Fsp3) is 0.593. The molecule has 7 rings (SSSR count). The number of ether oxygens (including phenoxy) is 1. The first-order chi connectivity index (χ1) is 34.2. The lowest BCUT2D eigenvalue weighted by Crippen LogP contribution is -2.50. The van der Waals surface area contributed by atoms with Gasteiger partial charge in [-0.2, -0.15) is 10.5 Å². The molecule has 4 N–H and O–H groups in total. The maximum Gasteiger partial charge on any atom is 0.268 e. The zero-order valence-corrected chi connectivity index (χ0v) is 44.1. The zero-order chi connectivity index (χ0) is 51.0. The molecule has 0 spiro atoms. The van der Waals surface area contributed by atoms with Crippen molar-refractivity contribution in [2.24, 2.45) is 23.7 Å². The molecule has 0 bridgehead atoms. The molecule has 3 fully saturated rings. The average Bonchev–Trinajstić information content (AvgIpc) is 3.90. The van der Waals surface area contributed by atoms with Crippen molar-refractivity contribution in [1.29, 1.82) is 10.5 Å². The summed E-state index contributed by atoms with van der Waals surface area (Å²) in [5.41, 5.74) is 2.95. The van der Waals surface area contributed by atoms with Crippen molar-refractivity contribution in [2.75, 3.05) is 38.7 Å². The van der Waals surface area contributed by atoms with E-state index in [1.165, 1.54) is 0 Å². The van der Waals surface area contributed by atoms with Gasteiger partial charge in [0, 0.05) is 71.5 Å². The number of carbonyl (C=O) groups excluding carboxylic acids is 4. The van der Waals surface area contributed by atoms with E-state index in [0.717, 1.165) is 106 Å². The Morgan fingerprint density at radius 1 is 0.648 bits per heavy atom. The van der Waals surface area contributed by atoms with Gasteiger partial charge in [-0.1, -0.05) is 88.7 Å². The van der Waals surface area contributed by atoms with Crippen molar-refractivity contribution in [3.63, 3.8) is 0 Å². The van der Waals surface area contributed by atoms with E-state index < -0.39 is 12.1 Å². The number of aromatic nitrogens is 2. The lowest BCUT2D eigenvalue weighted by atomic mass is 9.83. The van der Waals surface area contributed by atoms with Crippen LogP contribution in [0.15, 0.2) is 48.5 Å². The van der Waals surface area contributed by atoms with Gasteiger partial charge in [0.15, 0.2) is 0 Å². The zero-order valence-electron chi connectivity index (χ0n) is 41.8. The Labute approximate surface area is 434 Å². The molecule has 384 valence electrons. The molecule has 14 nitrogen and oxygen atoms in total. The number of nitriles is 2. The number of halogens is 3. The molecule has 3 heterocycles. The number of carbonyl (C=O) groups is 4. The van der Waals surface area contributed by atoms with Crippen LogP contribution in [0.2, 0.25) is 10.0 Å². The van der Waals surface area contributed by atoms with Crippen LogP contribution in [0.4, 0.5) is 0 Å². The van der Waals surface area contributed by atoms with E-state index in [9.17, 15) is 29.7 Å². The minimum atomic E-state index is -0.515. The van der Waals surface area contributed by atoms with Crippen LogP contribution in [0.25, 0.3) is 21.8 Å². The Hall–Kier alpha value is -4.83. The maximum atomic E-state index is 13.7. The van der Waals surface area contributed by atoms with E-state index in [4.69, 9.17) is 39.5 Å². The fourth-order valence-electron chi connectivity index (χ4n) is 10.3. The van der Waals surface area contributed by atoms with E-state index in [2.05, 4.69) is 42.9 Å². The molecule has 2 saturated carbocycles. The SMILES string of the molecule is CC(C)C[C@@H](C#N)NC(=O)[C@@H]1CCCC[C@@H]1NC(=O)c1cc2ccc(Cl)cc2n1CCCCl.CC(C)C[C@@H](C#N)NC(=O)[C@@H]1CCCC[C@@H]1NC(=O)c1cc2ccc(Cl)cc2n1CCCN1CCOCC1. The maximum absolute atomic E-state index is 13.7. The summed E-state index contributed by atoms with van der Waals surface area (Å²) in [7, 11) is 0. The third kappa shape index (κ3) is 15.6. The third-order valence-corrected chi connectivity index (χ3v) is 14.6. The van der Waals surface area contributed by atoms with Gasteiger partial charge in [-0.25, -0.2) is 0 Å². The molecule has 17 heteroatoms. The molecule has 71 heavy (non-hydrogen) atoms. The Bertz CT molecular complexity index is 2520. The molecule has 2 aliphatic carbocycles. The quantitative estimate of drug-likeness (QED) is 0.0669. The number of hydrogen-bond acceptors (Lipinski definition) is 8. The van der Waals surface area contributed by atoms with E-state index >= 15 is 0 Å². The van der Waals surface area contributed by atoms with Crippen LogP contribution >= 0.6 is 34.8 Å². The molecule has 4 amide bonds. The van der Waals surface area contributed by atoms with Gasteiger partial charge < -0.3 is 35.1 Å². The Balaban J connectivity index is 0.000000235. The number of aryl methyl sites for hydroxylation is 2. The van der Waals surface area contributed by atoms with Crippen molar-refractivity contribution >= 4 is 80.2 Å². The van der Waals surface area contributed by atoms with Crippen molar-refractivity contribution in [1.82, 2.24) is 35.3 Å². The average molecular weight is 1030 g/mol. The molecule has 6 atom stereocenters. The van der Waals surface area contributed by atoms with Crippen molar-refractivity contribution in [2.45, 2.75) is 142 Å². The molecule has 0 unspecified atom stereocenters. The highest BCUT2D eigenvalue weighted by Crippen LogP contribution is 2.30. The van der Waals surface area contributed by atoms with Crippen LogP contribution in [0.1, 0.15) is 126 Å². The molecule has 0 radical (unpaired) electrons. The van der Waals surface area contributed by atoms with Crippen LogP contribution in [-0.2, 0) is 27.4 Å². The number of alkyl halides is 1. The molecular formula is C54H72Cl3N9O5. The largest absolute Gasteiger partial charge is 0.379 e. The predicted octanol–water partition coefficient (Wildman–Crippen LogP) is 9.63. The van der Waals surface area contributed by atoms with Gasteiger partial charge in [0.1, 0.15) is 23.5 Å². The van der Waals surface area contributed by atoms with Gasteiger partial charge in [0.25, 0.3) is 11.8 Å². The molecular weight excluding hydrogens is 961 g/mol. The summed E-state index contributed by atoms with van der Waals surface area (Å²) in [4.78, 5) is 55.6. The molecule has 3 aliphatic rings. The summed E-state index contributed by atoms with van der Waals surface area (Å²) in [5, 5.41) is 34.2. The summed E-state index contributed by atoms with van der Waals surface area (Å²) in [5.74, 6) is -0.261. The molecule has 2 aromatic heterocycles. The number of morpholine rings is 1. The summed E-state index contributed by atoms with van der Waals surface area (Å²) in [6.45, 7) is 13.7. The van der Waals surface area contributed by atoms with Crippen molar-refractivity contribution < 1.29 is 23.9 Å². The van der Waals surface area contributed by atoms with Crippen LogP contribution in [0, 0.1) is 46.3 Å². The number of nitrogens with zero attached hydrogens (tertiary/aromatic N) is 5. The number of fused-ring (bicyclic) bond motifs is 2. The highest BCUT2D eigenvalue weighted by Gasteiger charge is 2.35. The highest BCUT2D eigenvalue weighted by atomic mass is 35.5. The normalized spacial score (nSPS) is 20.3. The molecule has 4 aromatic rings. The first-order valence-corrected chi connectivity index (χ1v) is 26.9. The van der Waals surface area contributed by atoms with E-state index in [0.29, 0.717) is 77.9 Å². The molecule has 1 saturated heterocycles.